The van der Waals surface area contributed by atoms with Crippen molar-refractivity contribution >= 4 is 5.84 Å². The molecule has 0 aliphatic heterocycles. The lowest BCUT2D eigenvalue weighted by atomic mass is 10.1. The minimum atomic E-state index is 0.00491. The molecule has 0 bridgehead atoms. The van der Waals surface area contributed by atoms with Gasteiger partial charge in [0.05, 0.1) is 25.4 Å². The molecule has 0 unspecified atom stereocenters. The molecule has 0 aromatic heterocycles. The van der Waals surface area contributed by atoms with Crippen molar-refractivity contribution in [3.63, 3.8) is 0 Å². The Labute approximate surface area is 107 Å². The molecule has 18 heavy (non-hydrogen) atoms. The predicted octanol–water partition coefficient (Wildman–Crippen LogP) is 1.32. The van der Waals surface area contributed by atoms with Crippen molar-refractivity contribution in [2.24, 2.45) is 5.73 Å². The van der Waals surface area contributed by atoms with Crippen LogP contribution in [0.3, 0.4) is 0 Å². The molecule has 0 fully saturated rings. The normalized spacial score (nSPS) is 10.3. The van der Waals surface area contributed by atoms with Gasteiger partial charge in [-0.2, -0.15) is 0 Å². The Balaban J connectivity index is 2.45. The van der Waals surface area contributed by atoms with Crippen LogP contribution >= 0.6 is 0 Å². The maximum absolute atomic E-state index is 7.47. The summed E-state index contributed by atoms with van der Waals surface area (Å²) in [6.07, 6.45) is 0. The summed E-state index contributed by atoms with van der Waals surface area (Å²) in [5.74, 6) is 0.628. The summed E-state index contributed by atoms with van der Waals surface area (Å²) in [5, 5.41) is 7.47. The third-order valence-electron chi connectivity index (χ3n) is 2.34. The number of hydrogen-bond donors (Lipinski definition) is 2. The minimum Gasteiger partial charge on any atom is -0.490 e. The molecule has 1 aromatic carbocycles. The van der Waals surface area contributed by atoms with Crippen LogP contribution in [0.25, 0.3) is 0 Å². The Morgan fingerprint density at radius 3 is 2.61 bits per heavy atom. The van der Waals surface area contributed by atoms with Crippen LogP contribution in [0, 0.1) is 12.3 Å². The molecule has 100 valence electrons. The van der Waals surface area contributed by atoms with Crippen molar-refractivity contribution in [2.75, 3.05) is 33.5 Å². The van der Waals surface area contributed by atoms with E-state index in [1.807, 2.05) is 19.1 Å². The van der Waals surface area contributed by atoms with E-state index in [0.717, 1.165) is 5.56 Å². The Hall–Kier alpha value is -1.59. The number of hydrogen-bond acceptors (Lipinski definition) is 4. The summed E-state index contributed by atoms with van der Waals surface area (Å²) >= 11 is 0. The molecule has 0 heterocycles. The fourth-order valence-corrected chi connectivity index (χ4v) is 1.43. The van der Waals surface area contributed by atoms with Crippen molar-refractivity contribution < 1.29 is 14.2 Å². The highest BCUT2D eigenvalue weighted by molar-refractivity contribution is 5.97. The summed E-state index contributed by atoms with van der Waals surface area (Å²) in [4.78, 5) is 0. The highest BCUT2D eigenvalue weighted by Crippen LogP contribution is 2.19. The quantitative estimate of drug-likeness (QED) is 0.415. The van der Waals surface area contributed by atoms with Crippen LogP contribution in [0.15, 0.2) is 18.2 Å². The lowest BCUT2D eigenvalue weighted by molar-refractivity contribution is 0.0544. The molecule has 1 rings (SSSR count). The van der Waals surface area contributed by atoms with Gasteiger partial charge in [-0.1, -0.05) is 6.07 Å². The summed E-state index contributed by atoms with van der Waals surface area (Å²) in [7, 11) is 1.63. The first kappa shape index (κ1) is 14.5. The fourth-order valence-electron chi connectivity index (χ4n) is 1.43. The first-order valence-corrected chi connectivity index (χ1v) is 5.79. The Morgan fingerprint density at radius 2 is 1.94 bits per heavy atom. The number of amidine groups is 1. The third kappa shape index (κ3) is 4.73. The van der Waals surface area contributed by atoms with Crippen LogP contribution in [-0.2, 0) is 9.47 Å². The summed E-state index contributed by atoms with van der Waals surface area (Å²) in [6, 6.07) is 5.56. The lowest BCUT2D eigenvalue weighted by Gasteiger charge is -2.11. The lowest BCUT2D eigenvalue weighted by Crippen LogP contribution is -2.15. The van der Waals surface area contributed by atoms with Crippen molar-refractivity contribution in [2.45, 2.75) is 6.92 Å². The second-order valence-corrected chi connectivity index (χ2v) is 3.87. The molecule has 0 saturated heterocycles. The maximum Gasteiger partial charge on any atom is 0.130 e. The largest absolute Gasteiger partial charge is 0.490 e. The highest BCUT2D eigenvalue weighted by Gasteiger charge is 2.06. The standard InChI is InChI=1S/C13H20N2O3/c1-10-3-4-11(13(14)15)12(9-10)18-8-7-17-6-5-16-2/h3-4,9H,5-8H2,1-2H3,(H3,14,15). The highest BCUT2D eigenvalue weighted by atomic mass is 16.5. The van der Waals surface area contributed by atoms with Gasteiger partial charge in [-0.3, -0.25) is 5.41 Å². The Morgan fingerprint density at radius 1 is 1.22 bits per heavy atom. The molecular weight excluding hydrogens is 232 g/mol. The predicted molar refractivity (Wildman–Crippen MR) is 70.4 cm³/mol. The molecular formula is C13H20N2O3. The van der Waals surface area contributed by atoms with Gasteiger partial charge in [0.1, 0.15) is 18.2 Å². The third-order valence-corrected chi connectivity index (χ3v) is 2.34. The van der Waals surface area contributed by atoms with Gasteiger partial charge >= 0.3 is 0 Å². The number of nitrogens with one attached hydrogen (secondary N) is 1. The zero-order valence-corrected chi connectivity index (χ0v) is 10.9. The van der Waals surface area contributed by atoms with E-state index in [1.165, 1.54) is 0 Å². The second kappa shape index (κ2) is 7.68. The van der Waals surface area contributed by atoms with Gasteiger partial charge in [-0.25, -0.2) is 0 Å². The number of rotatable bonds is 8. The van der Waals surface area contributed by atoms with Crippen LogP contribution in [-0.4, -0.2) is 39.4 Å². The fraction of sp³-hybridized carbons (Fsp3) is 0.462. The van der Waals surface area contributed by atoms with E-state index in [0.29, 0.717) is 37.7 Å². The van der Waals surface area contributed by atoms with Crippen LogP contribution in [0.2, 0.25) is 0 Å². The molecule has 5 heteroatoms. The molecule has 0 atom stereocenters. The van der Waals surface area contributed by atoms with E-state index < -0.39 is 0 Å². The van der Waals surface area contributed by atoms with Gasteiger partial charge < -0.3 is 19.9 Å². The van der Waals surface area contributed by atoms with E-state index >= 15 is 0 Å². The van der Waals surface area contributed by atoms with E-state index in [9.17, 15) is 0 Å². The zero-order chi connectivity index (χ0) is 13.4. The molecule has 0 saturated carbocycles. The van der Waals surface area contributed by atoms with E-state index in [4.69, 9.17) is 25.4 Å². The number of nitrogen functional groups attached to an aromatic ring is 1. The molecule has 0 radical (unpaired) electrons. The summed E-state index contributed by atoms with van der Waals surface area (Å²) in [5.41, 5.74) is 7.16. The van der Waals surface area contributed by atoms with Crippen LogP contribution in [0.1, 0.15) is 11.1 Å². The SMILES string of the molecule is COCCOCCOc1cc(C)ccc1C(=N)N. The smallest absolute Gasteiger partial charge is 0.130 e. The molecule has 5 nitrogen and oxygen atoms in total. The average Bonchev–Trinajstić information content (AvgIpc) is 2.33. The minimum absolute atomic E-state index is 0.00491. The second-order valence-electron chi connectivity index (χ2n) is 3.87. The van der Waals surface area contributed by atoms with E-state index in [-0.39, 0.29) is 5.84 Å². The first-order valence-electron chi connectivity index (χ1n) is 5.79. The average molecular weight is 252 g/mol. The Kier molecular flexibility index (Phi) is 6.18. The number of ether oxygens (including phenoxy) is 3. The van der Waals surface area contributed by atoms with E-state index in [1.54, 1.807) is 13.2 Å². The topological polar surface area (TPSA) is 77.6 Å². The molecule has 0 aliphatic carbocycles. The maximum atomic E-state index is 7.47. The zero-order valence-electron chi connectivity index (χ0n) is 10.9. The molecule has 0 aliphatic rings. The Bertz CT molecular complexity index is 394. The van der Waals surface area contributed by atoms with Gasteiger partial charge in [0.2, 0.25) is 0 Å². The monoisotopic (exact) mass is 252 g/mol. The van der Waals surface area contributed by atoms with Gasteiger partial charge in [0, 0.05) is 7.11 Å². The van der Waals surface area contributed by atoms with Gasteiger partial charge in [0.25, 0.3) is 0 Å². The summed E-state index contributed by atoms with van der Waals surface area (Å²) in [6.45, 7) is 3.99. The van der Waals surface area contributed by atoms with Crippen molar-refractivity contribution in [3.8, 4) is 5.75 Å². The molecule has 1 aromatic rings. The number of aryl methyl sites for hydroxylation is 1. The number of benzene rings is 1. The van der Waals surface area contributed by atoms with Gasteiger partial charge in [0.15, 0.2) is 0 Å². The number of nitrogens with two attached hydrogens (primary N) is 1. The van der Waals surface area contributed by atoms with Crippen molar-refractivity contribution in [3.05, 3.63) is 29.3 Å². The van der Waals surface area contributed by atoms with E-state index in [2.05, 4.69) is 0 Å². The summed E-state index contributed by atoms with van der Waals surface area (Å²) < 4.78 is 15.7. The van der Waals surface area contributed by atoms with Crippen LogP contribution in [0.5, 0.6) is 5.75 Å². The first-order chi connectivity index (χ1) is 8.65. The molecule has 0 amide bonds. The number of methoxy groups -OCH3 is 1. The van der Waals surface area contributed by atoms with Crippen LogP contribution < -0.4 is 10.5 Å². The van der Waals surface area contributed by atoms with Crippen molar-refractivity contribution in [1.82, 2.24) is 0 Å². The van der Waals surface area contributed by atoms with Crippen LogP contribution in [0.4, 0.5) is 0 Å². The molecule has 3 N–H and O–H groups in total. The van der Waals surface area contributed by atoms with Gasteiger partial charge in [-0.05, 0) is 24.6 Å². The molecule has 0 spiro atoms. The van der Waals surface area contributed by atoms with Crippen molar-refractivity contribution in [1.29, 1.82) is 5.41 Å². The van der Waals surface area contributed by atoms with Gasteiger partial charge in [-0.15, -0.1) is 0 Å².